The lowest BCUT2D eigenvalue weighted by molar-refractivity contribution is 0.311. The molecular formula is C20H23FN8. The number of anilines is 3. The van der Waals surface area contributed by atoms with Gasteiger partial charge in [-0.2, -0.15) is 20.1 Å². The standard InChI is InChI=1S/C20H23FN8/c1-14-12-18(27-26-14)23-19-22-17(7-6-15-4-3-5-16(21)13-15)24-20(25-19)29-10-8-28(2)9-11-29/h3-7,12-13H,8-11H2,1-2H3,(H2,22,23,24,25,26,27)/b7-6+. The van der Waals surface area contributed by atoms with Crippen LogP contribution in [0.4, 0.5) is 22.1 Å². The van der Waals surface area contributed by atoms with E-state index < -0.39 is 0 Å². The summed E-state index contributed by atoms with van der Waals surface area (Å²) in [6.45, 7) is 5.50. The molecule has 1 aliphatic rings. The first kappa shape index (κ1) is 19.0. The van der Waals surface area contributed by atoms with E-state index in [0.717, 1.165) is 37.4 Å². The van der Waals surface area contributed by atoms with Crippen LogP contribution in [-0.2, 0) is 0 Å². The van der Waals surface area contributed by atoms with Gasteiger partial charge < -0.3 is 15.1 Å². The molecule has 1 fully saturated rings. The maximum atomic E-state index is 13.4. The highest BCUT2D eigenvalue weighted by Crippen LogP contribution is 2.18. The number of nitrogens with one attached hydrogen (secondary N) is 2. The van der Waals surface area contributed by atoms with E-state index in [-0.39, 0.29) is 5.82 Å². The Hall–Kier alpha value is -3.33. The quantitative estimate of drug-likeness (QED) is 0.688. The fourth-order valence-electron chi connectivity index (χ4n) is 3.04. The molecule has 0 bridgehead atoms. The molecule has 150 valence electrons. The molecule has 2 N–H and O–H groups in total. The Balaban J connectivity index is 1.63. The summed E-state index contributed by atoms with van der Waals surface area (Å²) in [7, 11) is 2.10. The summed E-state index contributed by atoms with van der Waals surface area (Å²) in [6.07, 6.45) is 3.55. The molecule has 3 heterocycles. The van der Waals surface area contributed by atoms with Crippen LogP contribution in [-0.4, -0.2) is 63.3 Å². The van der Waals surface area contributed by atoms with Crippen LogP contribution < -0.4 is 10.2 Å². The van der Waals surface area contributed by atoms with Crippen LogP contribution in [0.2, 0.25) is 0 Å². The Morgan fingerprint density at radius 2 is 1.90 bits per heavy atom. The van der Waals surface area contributed by atoms with Gasteiger partial charge >= 0.3 is 0 Å². The molecule has 4 rings (SSSR count). The second-order valence-electron chi connectivity index (χ2n) is 7.06. The third kappa shape index (κ3) is 4.94. The lowest BCUT2D eigenvalue weighted by Crippen LogP contribution is -2.45. The van der Waals surface area contributed by atoms with E-state index >= 15 is 0 Å². The van der Waals surface area contributed by atoms with Crippen LogP contribution >= 0.6 is 0 Å². The first-order valence-corrected chi connectivity index (χ1v) is 9.47. The third-order valence-corrected chi connectivity index (χ3v) is 4.65. The van der Waals surface area contributed by atoms with E-state index in [1.807, 2.05) is 19.1 Å². The molecule has 0 radical (unpaired) electrons. The second kappa shape index (κ2) is 8.36. The molecule has 2 aromatic heterocycles. The molecule has 9 heteroatoms. The minimum Gasteiger partial charge on any atom is -0.338 e. The van der Waals surface area contributed by atoms with Gasteiger partial charge in [-0.3, -0.25) is 5.10 Å². The predicted octanol–water partition coefficient (Wildman–Crippen LogP) is 2.71. The number of benzene rings is 1. The van der Waals surface area contributed by atoms with Gasteiger partial charge in [-0.25, -0.2) is 4.39 Å². The molecule has 1 aliphatic heterocycles. The highest BCUT2D eigenvalue weighted by Gasteiger charge is 2.18. The number of piperazine rings is 1. The number of halogens is 1. The van der Waals surface area contributed by atoms with Crippen LogP contribution in [0.15, 0.2) is 30.3 Å². The van der Waals surface area contributed by atoms with Gasteiger partial charge in [0, 0.05) is 37.9 Å². The molecule has 8 nitrogen and oxygen atoms in total. The van der Waals surface area contributed by atoms with Gasteiger partial charge in [-0.1, -0.05) is 18.2 Å². The molecule has 29 heavy (non-hydrogen) atoms. The SMILES string of the molecule is Cc1cc(Nc2nc(/C=C/c3cccc(F)c3)nc(N3CCN(C)CC3)n2)n[nH]1. The molecule has 0 amide bonds. The summed E-state index contributed by atoms with van der Waals surface area (Å²) in [5.41, 5.74) is 1.68. The molecule has 1 saturated heterocycles. The molecule has 0 unspecified atom stereocenters. The highest BCUT2D eigenvalue weighted by molar-refractivity contribution is 5.67. The van der Waals surface area contributed by atoms with Crippen molar-refractivity contribution >= 4 is 29.9 Å². The van der Waals surface area contributed by atoms with Crippen LogP contribution in [0.3, 0.4) is 0 Å². The fraction of sp³-hybridized carbons (Fsp3) is 0.300. The van der Waals surface area contributed by atoms with Gasteiger partial charge in [0.15, 0.2) is 11.6 Å². The van der Waals surface area contributed by atoms with Crippen LogP contribution in [0.1, 0.15) is 17.1 Å². The maximum Gasteiger partial charge on any atom is 0.233 e. The molecule has 1 aromatic carbocycles. The smallest absolute Gasteiger partial charge is 0.233 e. The Bertz CT molecular complexity index is 1010. The maximum absolute atomic E-state index is 13.4. The monoisotopic (exact) mass is 394 g/mol. The van der Waals surface area contributed by atoms with E-state index in [1.54, 1.807) is 18.2 Å². The number of hydrogen-bond donors (Lipinski definition) is 2. The van der Waals surface area contributed by atoms with E-state index in [0.29, 0.717) is 23.5 Å². The van der Waals surface area contributed by atoms with Crippen molar-refractivity contribution in [1.82, 2.24) is 30.0 Å². The summed E-state index contributed by atoms with van der Waals surface area (Å²) in [5, 5.41) is 10.2. The number of aryl methyl sites for hydroxylation is 1. The lowest BCUT2D eigenvalue weighted by Gasteiger charge is -2.32. The van der Waals surface area contributed by atoms with Crippen molar-refractivity contribution in [3.05, 3.63) is 53.2 Å². The fourth-order valence-corrected chi connectivity index (χ4v) is 3.04. The number of aromatic amines is 1. The number of nitrogens with zero attached hydrogens (tertiary/aromatic N) is 6. The molecule has 0 spiro atoms. The van der Waals surface area contributed by atoms with Crippen molar-refractivity contribution in [3.8, 4) is 0 Å². The lowest BCUT2D eigenvalue weighted by atomic mass is 10.2. The molecule has 0 aliphatic carbocycles. The van der Waals surface area contributed by atoms with Crippen molar-refractivity contribution < 1.29 is 4.39 Å². The van der Waals surface area contributed by atoms with Crippen molar-refractivity contribution in [2.45, 2.75) is 6.92 Å². The first-order valence-electron chi connectivity index (χ1n) is 9.47. The summed E-state index contributed by atoms with van der Waals surface area (Å²) < 4.78 is 13.4. The topological polar surface area (TPSA) is 85.9 Å². The van der Waals surface area contributed by atoms with Gasteiger partial charge in [-0.05, 0) is 37.7 Å². The number of aromatic nitrogens is 5. The van der Waals surface area contributed by atoms with Gasteiger partial charge in [0.25, 0.3) is 0 Å². The minimum absolute atomic E-state index is 0.280. The van der Waals surface area contributed by atoms with Gasteiger partial charge in [0.05, 0.1) is 0 Å². The zero-order valence-electron chi connectivity index (χ0n) is 16.4. The number of rotatable bonds is 5. The van der Waals surface area contributed by atoms with Crippen molar-refractivity contribution in [2.24, 2.45) is 0 Å². The van der Waals surface area contributed by atoms with Crippen molar-refractivity contribution in [3.63, 3.8) is 0 Å². The average Bonchev–Trinajstić information content (AvgIpc) is 3.11. The molecule has 0 saturated carbocycles. The van der Waals surface area contributed by atoms with E-state index in [1.165, 1.54) is 12.1 Å². The summed E-state index contributed by atoms with van der Waals surface area (Å²) in [4.78, 5) is 18.1. The average molecular weight is 394 g/mol. The number of H-pyrrole nitrogens is 1. The number of hydrogen-bond acceptors (Lipinski definition) is 7. The highest BCUT2D eigenvalue weighted by atomic mass is 19.1. The Kier molecular flexibility index (Phi) is 5.48. The van der Waals surface area contributed by atoms with Crippen molar-refractivity contribution in [1.29, 1.82) is 0 Å². The summed E-state index contributed by atoms with van der Waals surface area (Å²) >= 11 is 0. The molecule has 0 atom stereocenters. The Morgan fingerprint density at radius 1 is 1.07 bits per heavy atom. The predicted molar refractivity (Wildman–Crippen MR) is 111 cm³/mol. The van der Waals surface area contributed by atoms with Gasteiger partial charge in [0.2, 0.25) is 11.9 Å². The zero-order chi connectivity index (χ0) is 20.2. The number of likely N-dealkylation sites (N-methyl/N-ethyl adjacent to an activating group) is 1. The van der Waals surface area contributed by atoms with E-state index in [4.69, 9.17) is 0 Å². The molecular weight excluding hydrogens is 371 g/mol. The minimum atomic E-state index is -0.280. The van der Waals surface area contributed by atoms with E-state index in [9.17, 15) is 4.39 Å². The van der Waals surface area contributed by atoms with Crippen LogP contribution in [0, 0.1) is 12.7 Å². The normalized spacial score (nSPS) is 15.2. The largest absolute Gasteiger partial charge is 0.338 e. The molecule has 3 aromatic rings. The Labute approximate surface area is 168 Å². The van der Waals surface area contributed by atoms with Crippen LogP contribution in [0.25, 0.3) is 12.2 Å². The van der Waals surface area contributed by atoms with Crippen LogP contribution in [0.5, 0.6) is 0 Å². The summed E-state index contributed by atoms with van der Waals surface area (Å²) in [6, 6.07) is 8.25. The Morgan fingerprint density at radius 3 is 2.62 bits per heavy atom. The van der Waals surface area contributed by atoms with Crippen molar-refractivity contribution in [2.75, 3.05) is 43.4 Å². The second-order valence-corrected chi connectivity index (χ2v) is 7.06. The zero-order valence-corrected chi connectivity index (χ0v) is 16.4. The van der Waals surface area contributed by atoms with E-state index in [2.05, 4.69) is 47.3 Å². The summed E-state index contributed by atoms with van der Waals surface area (Å²) in [5.74, 6) is 1.88. The third-order valence-electron chi connectivity index (χ3n) is 4.65. The van der Waals surface area contributed by atoms with Gasteiger partial charge in [-0.15, -0.1) is 0 Å². The first-order chi connectivity index (χ1) is 14.0. The van der Waals surface area contributed by atoms with Gasteiger partial charge in [0.1, 0.15) is 5.82 Å².